The van der Waals surface area contributed by atoms with E-state index in [1.54, 1.807) is 31.2 Å². The molecule has 0 spiro atoms. The molecule has 0 atom stereocenters. The van der Waals surface area contributed by atoms with E-state index in [1.165, 1.54) is 24.3 Å². The van der Waals surface area contributed by atoms with Gasteiger partial charge in [-0.15, -0.1) is 0 Å². The molecule has 31 heavy (non-hydrogen) atoms. The fourth-order valence-corrected chi connectivity index (χ4v) is 3.50. The summed E-state index contributed by atoms with van der Waals surface area (Å²) in [6, 6.07) is 12.2. The normalized spacial score (nSPS) is 14.6. The zero-order chi connectivity index (χ0) is 22.2. The van der Waals surface area contributed by atoms with Crippen molar-refractivity contribution in [3.63, 3.8) is 0 Å². The maximum absolute atomic E-state index is 13.1. The van der Waals surface area contributed by atoms with Gasteiger partial charge < -0.3 is 15.4 Å². The van der Waals surface area contributed by atoms with Gasteiger partial charge in [0.1, 0.15) is 5.82 Å². The SMILES string of the molecule is CCOC(=O)C1CCN(CC(=O)Nc2ccccc2C(=O)Nc2ccc(F)cc2)CC1. The van der Waals surface area contributed by atoms with Crippen LogP contribution in [0.4, 0.5) is 15.8 Å². The van der Waals surface area contributed by atoms with Gasteiger partial charge in [0.25, 0.3) is 5.91 Å². The molecule has 0 saturated carbocycles. The highest BCUT2D eigenvalue weighted by molar-refractivity contribution is 6.10. The molecular weight excluding hydrogens is 401 g/mol. The molecule has 1 aliphatic rings. The topological polar surface area (TPSA) is 87.7 Å². The van der Waals surface area contributed by atoms with Crippen LogP contribution in [0.25, 0.3) is 0 Å². The Morgan fingerprint density at radius 2 is 1.71 bits per heavy atom. The van der Waals surface area contributed by atoms with Gasteiger partial charge in [-0.1, -0.05) is 12.1 Å². The summed E-state index contributed by atoms with van der Waals surface area (Å²) in [7, 11) is 0. The molecule has 0 radical (unpaired) electrons. The van der Waals surface area contributed by atoms with E-state index in [0.717, 1.165) is 0 Å². The number of rotatable bonds is 7. The van der Waals surface area contributed by atoms with Crippen molar-refractivity contribution >= 4 is 29.2 Å². The molecule has 2 N–H and O–H groups in total. The van der Waals surface area contributed by atoms with E-state index in [2.05, 4.69) is 10.6 Å². The number of hydrogen-bond donors (Lipinski definition) is 2. The van der Waals surface area contributed by atoms with E-state index in [1.807, 2.05) is 4.90 Å². The smallest absolute Gasteiger partial charge is 0.309 e. The fourth-order valence-electron chi connectivity index (χ4n) is 3.50. The fraction of sp³-hybridized carbons (Fsp3) is 0.348. The third-order valence-electron chi connectivity index (χ3n) is 5.12. The van der Waals surface area contributed by atoms with Crippen LogP contribution in [-0.4, -0.2) is 48.9 Å². The summed E-state index contributed by atoms with van der Waals surface area (Å²) in [6.07, 6.45) is 1.31. The van der Waals surface area contributed by atoms with Crippen LogP contribution in [0.5, 0.6) is 0 Å². The first-order valence-corrected chi connectivity index (χ1v) is 10.3. The molecule has 1 saturated heterocycles. The number of nitrogens with zero attached hydrogens (tertiary/aromatic N) is 1. The van der Waals surface area contributed by atoms with E-state index >= 15 is 0 Å². The third kappa shape index (κ3) is 6.36. The molecule has 2 amide bonds. The summed E-state index contributed by atoms with van der Waals surface area (Å²) >= 11 is 0. The van der Waals surface area contributed by atoms with E-state index in [-0.39, 0.29) is 24.3 Å². The Balaban J connectivity index is 1.55. The minimum atomic E-state index is -0.405. The van der Waals surface area contributed by atoms with Gasteiger partial charge in [-0.05, 0) is 69.3 Å². The summed E-state index contributed by atoms with van der Waals surface area (Å²) in [5.74, 6) is -1.32. The second-order valence-corrected chi connectivity index (χ2v) is 7.36. The highest BCUT2D eigenvalue weighted by Crippen LogP contribution is 2.20. The molecule has 1 heterocycles. The van der Waals surface area contributed by atoms with E-state index < -0.39 is 11.7 Å². The summed E-state index contributed by atoms with van der Waals surface area (Å²) in [6.45, 7) is 3.58. The van der Waals surface area contributed by atoms with E-state index in [0.29, 0.717) is 49.5 Å². The van der Waals surface area contributed by atoms with Crippen molar-refractivity contribution in [3.05, 3.63) is 59.9 Å². The van der Waals surface area contributed by atoms with Gasteiger partial charge in [-0.2, -0.15) is 0 Å². The predicted octanol–water partition coefficient (Wildman–Crippen LogP) is 3.29. The van der Waals surface area contributed by atoms with E-state index in [4.69, 9.17) is 4.74 Å². The standard InChI is InChI=1S/C23H26FN3O4/c1-2-31-23(30)16-11-13-27(14-12-16)15-21(28)26-20-6-4-3-5-19(20)22(29)25-18-9-7-17(24)8-10-18/h3-10,16H,2,11-15H2,1H3,(H,25,29)(H,26,28). The average molecular weight is 427 g/mol. The number of carbonyl (C=O) groups is 3. The Morgan fingerprint density at radius 3 is 2.39 bits per heavy atom. The molecule has 1 fully saturated rings. The zero-order valence-corrected chi connectivity index (χ0v) is 17.4. The Hall–Kier alpha value is -3.26. The number of benzene rings is 2. The second kappa shape index (κ2) is 10.7. The van der Waals surface area contributed by atoms with E-state index in [9.17, 15) is 18.8 Å². The predicted molar refractivity (Wildman–Crippen MR) is 115 cm³/mol. The molecule has 164 valence electrons. The minimum absolute atomic E-state index is 0.116. The summed E-state index contributed by atoms with van der Waals surface area (Å²) in [4.78, 5) is 39.0. The quantitative estimate of drug-likeness (QED) is 0.662. The lowest BCUT2D eigenvalue weighted by atomic mass is 9.97. The van der Waals surface area contributed by atoms with Crippen molar-refractivity contribution in [1.29, 1.82) is 0 Å². The first-order chi connectivity index (χ1) is 15.0. The van der Waals surface area contributed by atoms with Crippen LogP contribution in [-0.2, 0) is 14.3 Å². The lowest BCUT2D eigenvalue weighted by Crippen LogP contribution is -2.41. The number of nitrogens with one attached hydrogen (secondary N) is 2. The molecule has 3 rings (SSSR count). The number of piperidine rings is 1. The lowest BCUT2D eigenvalue weighted by molar-refractivity contribution is -0.149. The van der Waals surface area contributed by atoms with Crippen LogP contribution in [0.3, 0.4) is 0 Å². The van der Waals surface area contributed by atoms with Gasteiger partial charge >= 0.3 is 5.97 Å². The van der Waals surface area contributed by atoms with Crippen LogP contribution in [0.15, 0.2) is 48.5 Å². The monoisotopic (exact) mass is 427 g/mol. The Bertz CT molecular complexity index is 925. The molecular formula is C23H26FN3O4. The number of anilines is 2. The highest BCUT2D eigenvalue weighted by Gasteiger charge is 2.27. The number of esters is 1. The minimum Gasteiger partial charge on any atom is -0.466 e. The zero-order valence-electron chi connectivity index (χ0n) is 17.4. The number of para-hydroxylation sites is 1. The van der Waals surface area contributed by atoms with Crippen molar-refractivity contribution in [2.45, 2.75) is 19.8 Å². The number of carbonyl (C=O) groups excluding carboxylic acids is 3. The van der Waals surface area contributed by atoms with Gasteiger partial charge in [0, 0.05) is 5.69 Å². The lowest BCUT2D eigenvalue weighted by Gasteiger charge is -2.30. The molecule has 0 unspecified atom stereocenters. The largest absolute Gasteiger partial charge is 0.466 e. The summed E-state index contributed by atoms with van der Waals surface area (Å²) in [5.41, 5.74) is 1.16. The molecule has 7 nitrogen and oxygen atoms in total. The molecule has 1 aliphatic heterocycles. The van der Waals surface area contributed by atoms with Gasteiger partial charge in [-0.3, -0.25) is 19.3 Å². The van der Waals surface area contributed by atoms with Crippen LogP contribution in [0.2, 0.25) is 0 Å². The molecule has 2 aromatic carbocycles. The van der Waals surface area contributed by atoms with Gasteiger partial charge in [0.05, 0.1) is 30.3 Å². The highest BCUT2D eigenvalue weighted by atomic mass is 19.1. The van der Waals surface area contributed by atoms with Gasteiger partial charge in [-0.25, -0.2) is 4.39 Å². The summed E-state index contributed by atoms with van der Waals surface area (Å²) < 4.78 is 18.1. The van der Waals surface area contributed by atoms with Crippen LogP contribution < -0.4 is 10.6 Å². The first-order valence-electron chi connectivity index (χ1n) is 10.3. The van der Waals surface area contributed by atoms with Gasteiger partial charge in [0.15, 0.2) is 0 Å². The number of amides is 2. The van der Waals surface area contributed by atoms with Crippen molar-refractivity contribution in [2.75, 3.05) is 36.9 Å². The number of hydrogen-bond acceptors (Lipinski definition) is 5. The first kappa shape index (κ1) is 22.4. The van der Waals surface area contributed by atoms with Crippen molar-refractivity contribution in [3.8, 4) is 0 Å². The average Bonchev–Trinajstić information content (AvgIpc) is 2.76. The van der Waals surface area contributed by atoms with Crippen LogP contribution in [0, 0.1) is 11.7 Å². The Morgan fingerprint density at radius 1 is 1.03 bits per heavy atom. The molecule has 2 aromatic rings. The van der Waals surface area contributed by atoms with Crippen molar-refractivity contribution < 1.29 is 23.5 Å². The number of ether oxygens (including phenoxy) is 1. The number of halogens is 1. The third-order valence-corrected chi connectivity index (χ3v) is 5.12. The Labute approximate surface area is 180 Å². The molecule has 8 heteroatoms. The molecule has 0 bridgehead atoms. The van der Waals surface area contributed by atoms with Gasteiger partial charge in [0.2, 0.25) is 5.91 Å². The molecule has 0 aliphatic carbocycles. The van der Waals surface area contributed by atoms with Crippen molar-refractivity contribution in [1.82, 2.24) is 4.90 Å². The van der Waals surface area contributed by atoms with Crippen LogP contribution in [0.1, 0.15) is 30.1 Å². The summed E-state index contributed by atoms with van der Waals surface area (Å²) in [5, 5.41) is 5.49. The Kier molecular flexibility index (Phi) is 7.72. The maximum Gasteiger partial charge on any atom is 0.309 e. The van der Waals surface area contributed by atoms with Crippen molar-refractivity contribution in [2.24, 2.45) is 5.92 Å². The van der Waals surface area contributed by atoms with Crippen LogP contribution >= 0.6 is 0 Å². The maximum atomic E-state index is 13.1. The number of likely N-dealkylation sites (tertiary alicyclic amines) is 1. The second-order valence-electron chi connectivity index (χ2n) is 7.36. The molecule has 0 aromatic heterocycles.